The number of alkyl halides is 1. The molecule has 0 aromatic carbocycles. The Labute approximate surface area is 96.1 Å². The van der Waals surface area contributed by atoms with Gasteiger partial charge in [-0.1, -0.05) is 15.9 Å². The Balaban J connectivity index is 2.35. The monoisotopic (exact) mass is 263 g/mol. The molecule has 0 aromatic heterocycles. The van der Waals surface area contributed by atoms with Crippen molar-refractivity contribution in [3.05, 3.63) is 0 Å². The van der Waals surface area contributed by atoms with Crippen LogP contribution in [0, 0.1) is 5.41 Å². The van der Waals surface area contributed by atoms with Gasteiger partial charge in [-0.05, 0) is 32.1 Å². The van der Waals surface area contributed by atoms with Crippen LogP contribution in [0.15, 0.2) is 0 Å². The van der Waals surface area contributed by atoms with Crippen molar-refractivity contribution in [1.29, 1.82) is 0 Å². The summed E-state index contributed by atoms with van der Waals surface area (Å²) in [5.74, 6) is 0. The second-order valence-corrected chi connectivity index (χ2v) is 5.25. The zero-order valence-electron chi connectivity index (χ0n) is 9.55. The molecule has 1 aliphatic rings. The van der Waals surface area contributed by atoms with Gasteiger partial charge in [0.15, 0.2) is 0 Å². The minimum atomic E-state index is 0.581. The number of nitrogens with zero attached hydrogens (tertiary/aromatic N) is 1. The van der Waals surface area contributed by atoms with Crippen LogP contribution in [0.1, 0.15) is 26.7 Å². The number of ether oxygens (including phenoxy) is 1. The molecule has 0 N–H and O–H groups in total. The van der Waals surface area contributed by atoms with Crippen LogP contribution >= 0.6 is 15.9 Å². The zero-order valence-corrected chi connectivity index (χ0v) is 11.1. The third-order valence-corrected chi connectivity index (χ3v) is 4.28. The molecular formula is C11H22BrNO. The van der Waals surface area contributed by atoms with Crippen LogP contribution in [0.25, 0.3) is 0 Å². The first-order valence-corrected chi connectivity index (χ1v) is 6.55. The van der Waals surface area contributed by atoms with Gasteiger partial charge < -0.3 is 4.74 Å². The van der Waals surface area contributed by atoms with E-state index in [2.05, 4.69) is 34.7 Å². The third-order valence-electron chi connectivity index (χ3n) is 3.09. The highest BCUT2D eigenvalue weighted by Crippen LogP contribution is 2.47. The van der Waals surface area contributed by atoms with Crippen LogP contribution in [0.4, 0.5) is 0 Å². The van der Waals surface area contributed by atoms with Crippen molar-refractivity contribution >= 4 is 15.9 Å². The normalized spacial score (nSPS) is 19.3. The van der Waals surface area contributed by atoms with E-state index in [1.165, 1.54) is 19.4 Å². The van der Waals surface area contributed by atoms with Gasteiger partial charge in [-0.25, -0.2) is 0 Å². The molecule has 1 aliphatic carbocycles. The van der Waals surface area contributed by atoms with Crippen LogP contribution in [0.5, 0.6) is 0 Å². The summed E-state index contributed by atoms with van der Waals surface area (Å²) >= 11 is 3.62. The van der Waals surface area contributed by atoms with Gasteiger partial charge in [-0.2, -0.15) is 0 Å². The van der Waals surface area contributed by atoms with E-state index >= 15 is 0 Å². The Morgan fingerprint density at radius 1 is 1.43 bits per heavy atom. The molecule has 1 saturated carbocycles. The van der Waals surface area contributed by atoms with E-state index in [1.807, 2.05) is 0 Å². The summed E-state index contributed by atoms with van der Waals surface area (Å²) in [6.07, 6.45) is 2.77. The molecule has 0 amide bonds. The summed E-state index contributed by atoms with van der Waals surface area (Å²) in [5.41, 5.74) is 0.581. The summed E-state index contributed by atoms with van der Waals surface area (Å²) in [5, 5.41) is 1.15. The van der Waals surface area contributed by atoms with Crippen LogP contribution in [-0.4, -0.2) is 43.1 Å². The fraction of sp³-hybridized carbons (Fsp3) is 1.00. The van der Waals surface area contributed by atoms with Crippen LogP contribution in [0.3, 0.4) is 0 Å². The topological polar surface area (TPSA) is 12.5 Å². The van der Waals surface area contributed by atoms with Gasteiger partial charge in [0, 0.05) is 31.6 Å². The van der Waals surface area contributed by atoms with Crippen LogP contribution in [-0.2, 0) is 4.74 Å². The Kier molecular flexibility index (Phi) is 4.88. The maximum Gasteiger partial charge on any atom is 0.0589 e. The molecule has 0 spiro atoms. The Bertz CT molecular complexity index is 169. The lowest BCUT2D eigenvalue weighted by Crippen LogP contribution is -2.38. The van der Waals surface area contributed by atoms with E-state index in [9.17, 15) is 0 Å². The van der Waals surface area contributed by atoms with Crippen molar-refractivity contribution in [2.75, 3.05) is 32.1 Å². The van der Waals surface area contributed by atoms with E-state index in [0.717, 1.165) is 18.5 Å². The average molecular weight is 264 g/mol. The van der Waals surface area contributed by atoms with Crippen LogP contribution < -0.4 is 0 Å². The molecule has 0 bridgehead atoms. The molecule has 0 aliphatic heterocycles. The van der Waals surface area contributed by atoms with Crippen molar-refractivity contribution in [2.24, 2.45) is 5.41 Å². The zero-order chi connectivity index (χ0) is 10.6. The number of methoxy groups -OCH3 is 1. The maximum absolute atomic E-state index is 5.14. The smallest absolute Gasteiger partial charge is 0.0589 e. The van der Waals surface area contributed by atoms with E-state index in [4.69, 9.17) is 4.74 Å². The SMILES string of the molecule is COCCN(CC1(CBr)CC1)C(C)C. The largest absolute Gasteiger partial charge is 0.383 e. The van der Waals surface area contributed by atoms with Gasteiger partial charge in [-0.15, -0.1) is 0 Å². The predicted molar refractivity (Wildman–Crippen MR) is 64.0 cm³/mol. The van der Waals surface area contributed by atoms with Gasteiger partial charge in [0.1, 0.15) is 0 Å². The second-order valence-electron chi connectivity index (χ2n) is 4.69. The van der Waals surface area contributed by atoms with Crippen molar-refractivity contribution < 1.29 is 4.74 Å². The van der Waals surface area contributed by atoms with Crippen molar-refractivity contribution in [1.82, 2.24) is 4.90 Å². The first-order chi connectivity index (χ1) is 6.63. The van der Waals surface area contributed by atoms with Gasteiger partial charge in [0.05, 0.1) is 6.61 Å². The van der Waals surface area contributed by atoms with E-state index in [-0.39, 0.29) is 0 Å². The second kappa shape index (κ2) is 5.47. The van der Waals surface area contributed by atoms with Gasteiger partial charge in [0.25, 0.3) is 0 Å². The first-order valence-electron chi connectivity index (χ1n) is 5.42. The average Bonchev–Trinajstić information content (AvgIpc) is 2.92. The highest BCUT2D eigenvalue weighted by molar-refractivity contribution is 9.09. The molecule has 0 heterocycles. The molecule has 2 nitrogen and oxygen atoms in total. The fourth-order valence-electron chi connectivity index (χ4n) is 1.67. The van der Waals surface area contributed by atoms with E-state index < -0.39 is 0 Å². The number of hydrogen-bond acceptors (Lipinski definition) is 2. The molecule has 0 unspecified atom stereocenters. The van der Waals surface area contributed by atoms with Gasteiger partial charge in [-0.3, -0.25) is 4.90 Å². The molecule has 3 heteroatoms. The lowest BCUT2D eigenvalue weighted by atomic mass is 10.1. The predicted octanol–water partition coefficient (Wildman–Crippen LogP) is 2.52. The maximum atomic E-state index is 5.14. The van der Waals surface area contributed by atoms with Crippen molar-refractivity contribution in [3.8, 4) is 0 Å². The molecule has 84 valence electrons. The standard InChI is InChI=1S/C11H22BrNO/c1-10(2)13(6-7-14-3)9-11(8-12)4-5-11/h10H,4-9H2,1-3H3. The Hall–Kier alpha value is 0.400. The molecule has 0 aromatic rings. The third kappa shape index (κ3) is 3.52. The summed E-state index contributed by atoms with van der Waals surface area (Å²) in [6, 6.07) is 0.627. The Morgan fingerprint density at radius 3 is 2.43 bits per heavy atom. The summed E-state index contributed by atoms with van der Waals surface area (Å²) < 4.78 is 5.14. The summed E-state index contributed by atoms with van der Waals surface area (Å²) in [7, 11) is 1.77. The Morgan fingerprint density at radius 2 is 2.07 bits per heavy atom. The molecule has 14 heavy (non-hydrogen) atoms. The highest BCUT2D eigenvalue weighted by atomic mass is 79.9. The summed E-state index contributed by atoms with van der Waals surface area (Å²) in [6.45, 7) is 7.65. The molecule has 0 radical (unpaired) electrons. The van der Waals surface area contributed by atoms with Crippen LogP contribution in [0.2, 0.25) is 0 Å². The first kappa shape index (κ1) is 12.5. The highest BCUT2D eigenvalue weighted by Gasteiger charge is 2.42. The lowest BCUT2D eigenvalue weighted by Gasteiger charge is -2.29. The number of halogens is 1. The number of hydrogen-bond donors (Lipinski definition) is 0. The minimum Gasteiger partial charge on any atom is -0.383 e. The minimum absolute atomic E-state index is 0.581. The quantitative estimate of drug-likeness (QED) is 0.655. The fourth-order valence-corrected chi connectivity index (χ4v) is 2.41. The molecule has 0 saturated heterocycles. The van der Waals surface area contributed by atoms with E-state index in [0.29, 0.717) is 11.5 Å². The lowest BCUT2D eigenvalue weighted by molar-refractivity contribution is 0.116. The molecule has 0 atom stereocenters. The van der Waals surface area contributed by atoms with Gasteiger partial charge >= 0.3 is 0 Å². The van der Waals surface area contributed by atoms with Gasteiger partial charge in [0.2, 0.25) is 0 Å². The summed E-state index contributed by atoms with van der Waals surface area (Å²) in [4.78, 5) is 2.53. The number of rotatable bonds is 7. The van der Waals surface area contributed by atoms with Crippen molar-refractivity contribution in [3.63, 3.8) is 0 Å². The van der Waals surface area contributed by atoms with Crippen molar-refractivity contribution in [2.45, 2.75) is 32.7 Å². The van der Waals surface area contributed by atoms with E-state index in [1.54, 1.807) is 7.11 Å². The molecule has 1 rings (SSSR count). The molecule has 1 fully saturated rings. The molecular weight excluding hydrogens is 242 g/mol.